The average molecular weight is 191 g/mol. The fourth-order valence-corrected chi connectivity index (χ4v) is 1.42. The Hall–Kier alpha value is -1.40. The van der Waals surface area contributed by atoms with E-state index in [2.05, 4.69) is 10.1 Å². The zero-order valence-corrected chi connectivity index (χ0v) is 7.97. The van der Waals surface area contributed by atoms with Crippen LogP contribution in [0.1, 0.15) is 11.4 Å². The number of rotatable bonds is 1. The number of aryl methyl sites for hydroxylation is 2. The minimum Gasteiger partial charge on any atom is -0.423 e. The van der Waals surface area contributed by atoms with Crippen LogP contribution >= 0.6 is 0 Å². The molecular weight excluding hydrogens is 181 g/mol. The van der Waals surface area contributed by atoms with E-state index in [-0.39, 0.29) is 0 Å². The van der Waals surface area contributed by atoms with E-state index in [1.807, 2.05) is 6.92 Å². The molecule has 2 rings (SSSR count). The van der Waals surface area contributed by atoms with E-state index in [0.717, 1.165) is 11.2 Å². The molecule has 14 heavy (non-hydrogen) atoms. The third-order valence-corrected chi connectivity index (χ3v) is 2.04. The van der Waals surface area contributed by atoms with Gasteiger partial charge in [0.25, 0.3) is 0 Å². The largest absolute Gasteiger partial charge is 0.490 e. The van der Waals surface area contributed by atoms with E-state index < -0.39 is 7.12 Å². The van der Waals surface area contributed by atoms with Crippen LogP contribution in [-0.2, 0) is 0 Å². The second-order valence-electron chi connectivity index (χ2n) is 3.26. The third kappa shape index (κ3) is 1.38. The van der Waals surface area contributed by atoms with Crippen molar-refractivity contribution < 1.29 is 10.0 Å². The van der Waals surface area contributed by atoms with Crippen LogP contribution in [0.15, 0.2) is 12.3 Å². The average Bonchev–Trinajstić information content (AvgIpc) is 2.45. The molecule has 0 radical (unpaired) electrons. The Balaban J connectivity index is 2.71. The molecule has 6 heteroatoms. The molecule has 0 unspecified atom stereocenters. The Morgan fingerprint density at radius 2 is 2.07 bits per heavy atom. The SMILES string of the molecule is Cc1nc2c(C)cc(B(O)O)cn2n1. The molecule has 0 saturated carbocycles. The first-order valence-corrected chi connectivity index (χ1v) is 4.27. The van der Waals surface area contributed by atoms with Crippen LogP contribution in [0.4, 0.5) is 0 Å². The van der Waals surface area contributed by atoms with Gasteiger partial charge >= 0.3 is 7.12 Å². The topological polar surface area (TPSA) is 70.7 Å². The van der Waals surface area contributed by atoms with E-state index in [1.165, 1.54) is 0 Å². The van der Waals surface area contributed by atoms with Crippen molar-refractivity contribution in [3.05, 3.63) is 23.7 Å². The molecule has 0 fully saturated rings. The number of hydrogen-bond acceptors (Lipinski definition) is 4. The molecule has 0 amide bonds. The highest BCUT2D eigenvalue weighted by molar-refractivity contribution is 6.58. The monoisotopic (exact) mass is 191 g/mol. The molecule has 2 heterocycles. The first-order chi connectivity index (χ1) is 6.58. The zero-order chi connectivity index (χ0) is 10.3. The molecule has 2 aromatic rings. The number of pyridine rings is 1. The predicted molar refractivity (Wildman–Crippen MR) is 52.3 cm³/mol. The van der Waals surface area contributed by atoms with Crippen LogP contribution in [-0.4, -0.2) is 31.8 Å². The molecule has 72 valence electrons. The summed E-state index contributed by atoms with van der Waals surface area (Å²) in [6, 6.07) is 1.69. The van der Waals surface area contributed by atoms with Gasteiger partial charge in [-0.3, -0.25) is 0 Å². The second-order valence-corrected chi connectivity index (χ2v) is 3.26. The highest BCUT2D eigenvalue weighted by Gasteiger charge is 2.14. The standard InChI is InChI=1S/C8H10BN3O2/c1-5-3-7(9(13)14)4-12-8(5)10-6(2)11-12/h3-4,13-14H,1-2H3. The molecule has 2 N–H and O–H groups in total. The summed E-state index contributed by atoms with van der Waals surface area (Å²) >= 11 is 0. The van der Waals surface area contributed by atoms with Gasteiger partial charge in [-0.2, -0.15) is 5.10 Å². The molecule has 0 aliphatic carbocycles. The van der Waals surface area contributed by atoms with Crippen LogP contribution < -0.4 is 5.46 Å². The number of aromatic nitrogens is 3. The van der Waals surface area contributed by atoms with E-state index >= 15 is 0 Å². The lowest BCUT2D eigenvalue weighted by Gasteiger charge is -2.02. The van der Waals surface area contributed by atoms with Gasteiger partial charge in [-0.15, -0.1) is 0 Å². The Bertz CT molecular complexity index is 481. The van der Waals surface area contributed by atoms with Gasteiger partial charge in [0.15, 0.2) is 5.65 Å². The van der Waals surface area contributed by atoms with Crippen molar-refractivity contribution in [3.63, 3.8) is 0 Å². The summed E-state index contributed by atoms with van der Waals surface area (Å²) in [4.78, 5) is 4.20. The smallest absolute Gasteiger partial charge is 0.423 e. The van der Waals surface area contributed by atoms with Gasteiger partial charge in [-0.05, 0) is 19.4 Å². The molecule has 5 nitrogen and oxygen atoms in total. The van der Waals surface area contributed by atoms with Gasteiger partial charge in [0.1, 0.15) is 5.82 Å². The second kappa shape index (κ2) is 3.07. The predicted octanol–water partition coefficient (Wildman–Crippen LogP) is -0.974. The normalized spacial score (nSPS) is 10.9. The van der Waals surface area contributed by atoms with Crippen LogP contribution in [0.25, 0.3) is 5.65 Å². The van der Waals surface area contributed by atoms with E-state index in [0.29, 0.717) is 11.3 Å². The minimum absolute atomic E-state index is 0.417. The summed E-state index contributed by atoms with van der Waals surface area (Å²) in [5.74, 6) is 0.665. The number of hydrogen-bond donors (Lipinski definition) is 2. The quantitative estimate of drug-likeness (QED) is 0.568. The lowest BCUT2D eigenvalue weighted by Crippen LogP contribution is -2.31. The first-order valence-electron chi connectivity index (χ1n) is 4.27. The molecule has 2 aromatic heterocycles. The molecule has 0 atom stereocenters. The number of nitrogens with zero attached hydrogens (tertiary/aromatic N) is 3. The molecular formula is C8H10BN3O2. The summed E-state index contributed by atoms with van der Waals surface area (Å²) in [6.07, 6.45) is 1.56. The lowest BCUT2D eigenvalue weighted by atomic mass is 9.81. The molecule has 0 aliphatic rings. The number of fused-ring (bicyclic) bond motifs is 1. The van der Waals surface area contributed by atoms with E-state index in [1.54, 1.807) is 23.7 Å². The highest BCUT2D eigenvalue weighted by atomic mass is 16.4. The van der Waals surface area contributed by atoms with E-state index in [4.69, 9.17) is 10.0 Å². The summed E-state index contributed by atoms with van der Waals surface area (Å²) < 4.78 is 1.56. The summed E-state index contributed by atoms with van der Waals surface area (Å²) in [5.41, 5.74) is 2.03. The maximum atomic E-state index is 9.01. The fourth-order valence-electron chi connectivity index (χ4n) is 1.42. The first kappa shape index (κ1) is 9.17. The lowest BCUT2D eigenvalue weighted by molar-refractivity contribution is 0.425. The third-order valence-electron chi connectivity index (χ3n) is 2.04. The van der Waals surface area contributed by atoms with Crippen LogP contribution in [0.5, 0.6) is 0 Å². The maximum Gasteiger partial charge on any atom is 0.490 e. The Morgan fingerprint density at radius 1 is 1.36 bits per heavy atom. The molecule has 0 saturated heterocycles. The minimum atomic E-state index is -1.47. The van der Waals surface area contributed by atoms with Crippen molar-refractivity contribution in [2.24, 2.45) is 0 Å². The van der Waals surface area contributed by atoms with Crippen molar-refractivity contribution in [2.75, 3.05) is 0 Å². The van der Waals surface area contributed by atoms with Crippen molar-refractivity contribution in [3.8, 4) is 0 Å². The van der Waals surface area contributed by atoms with Gasteiger partial charge in [-0.25, -0.2) is 9.50 Å². The molecule has 0 aromatic carbocycles. The summed E-state index contributed by atoms with van der Waals surface area (Å²) in [6.45, 7) is 3.65. The zero-order valence-electron chi connectivity index (χ0n) is 7.97. The van der Waals surface area contributed by atoms with Gasteiger partial charge in [-0.1, -0.05) is 6.07 Å². The Kier molecular flexibility index (Phi) is 2.01. The van der Waals surface area contributed by atoms with Gasteiger partial charge < -0.3 is 10.0 Å². The Morgan fingerprint density at radius 3 is 2.71 bits per heavy atom. The van der Waals surface area contributed by atoms with E-state index in [9.17, 15) is 0 Å². The van der Waals surface area contributed by atoms with Crippen LogP contribution in [0.3, 0.4) is 0 Å². The molecule has 0 spiro atoms. The highest BCUT2D eigenvalue weighted by Crippen LogP contribution is 2.05. The van der Waals surface area contributed by atoms with Gasteiger partial charge in [0, 0.05) is 11.7 Å². The van der Waals surface area contributed by atoms with Crippen molar-refractivity contribution in [1.29, 1.82) is 0 Å². The van der Waals surface area contributed by atoms with Crippen molar-refractivity contribution >= 4 is 18.2 Å². The van der Waals surface area contributed by atoms with Crippen LogP contribution in [0, 0.1) is 13.8 Å². The van der Waals surface area contributed by atoms with Crippen LogP contribution in [0.2, 0.25) is 0 Å². The van der Waals surface area contributed by atoms with Gasteiger partial charge in [0.05, 0.1) is 0 Å². The van der Waals surface area contributed by atoms with Crippen molar-refractivity contribution in [2.45, 2.75) is 13.8 Å². The van der Waals surface area contributed by atoms with Gasteiger partial charge in [0.2, 0.25) is 0 Å². The fraction of sp³-hybridized carbons (Fsp3) is 0.250. The summed E-state index contributed by atoms with van der Waals surface area (Å²) in [5, 5.41) is 22.1. The Labute approximate surface area is 81.2 Å². The summed E-state index contributed by atoms with van der Waals surface area (Å²) in [7, 11) is -1.47. The van der Waals surface area contributed by atoms with Crippen molar-refractivity contribution in [1.82, 2.24) is 14.6 Å². The molecule has 0 bridgehead atoms. The maximum absolute atomic E-state index is 9.01. The molecule has 0 aliphatic heterocycles.